The predicted molar refractivity (Wildman–Crippen MR) is 52.3 cm³/mol. The fourth-order valence-electron chi connectivity index (χ4n) is 1.65. The standard InChI is InChI=1S/C11H18O2/c1-9(2)8-13-11(12)10-6-4-3-5-7-10/h10H,1,3-8H2,2H3. The predicted octanol–water partition coefficient (Wildman–Crippen LogP) is 2.69. The van der Waals surface area contributed by atoms with E-state index < -0.39 is 0 Å². The minimum atomic E-state index is -0.0253. The first-order valence-corrected chi connectivity index (χ1v) is 5.01. The minimum Gasteiger partial charge on any atom is -0.461 e. The lowest BCUT2D eigenvalue weighted by molar-refractivity contribution is -0.148. The smallest absolute Gasteiger partial charge is 0.309 e. The summed E-state index contributed by atoms with van der Waals surface area (Å²) in [4.78, 5) is 11.4. The van der Waals surface area contributed by atoms with Crippen LogP contribution in [0.15, 0.2) is 12.2 Å². The van der Waals surface area contributed by atoms with Gasteiger partial charge in [-0.05, 0) is 25.3 Å². The SMILES string of the molecule is C=C(C)COC(=O)C1CCCCC1. The van der Waals surface area contributed by atoms with E-state index in [0.717, 1.165) is 18.4 Å². The molecule has 0 saturated heterocycles. The normalized spacial score (nSPS) is 18.2. The minimum absolute atomic E-state index is 0.0253. The monoisotopic (exact) mass is 182 g/mol. The zero-order valence-corrected chi connectivity index (χ0v) is 8.34. The van der Waals surface area contributed by atoms with Crippen molar-refractivity contribution in [2.24, 2.45) is 5.92 Å². The van der Waals surface area contributed by atoms with Gasteiger partial charge >= 0.3 is 5.97 Å². The number of ether oxygens (including phenoxy) is 1. The molecule has 13 heavy (non-hydrogen) atoms. The van der Waals surface area contributed by atoms with Gasteiger partial charge in [0, 0.05) is 0 Å². The summed E-state index contributed by atoms with van der Waals surface area (Å²) < 4.78 is 5.10. The average molecular weight is 182 g/mol. The molecule has 2 heteroatoms. The summed E-state index contributed by atoms with van der Waals surface area (Å²) in [5.41, 5.74) is 0.907. The molecule has 0 aromatic heterocycles. The molecule has 2 nitrogen and oxygen atoms in total. The number of hydrogen-bond donors (Lipinski definition) is 0. The highest BCUT2D eigenvalue weighted by Gasteiger charge is 2.21. The van der Waals surface area contributed by atoms with E-state index in [1.165, 1.54) is 19.3 Å². The quantitative estimate of drug-likeness (QED) is 0.495. The van der Waals surface area contributed by atoms with Crippen molar-refractivity contribution in [2.75, 3.05) is 6.61 Å². The first-order chi connectivity index (χ1) is 6.20. The Hall–Kier alpha value is -0.790. The molecule has 0 aliphatic heterocycles. The van der Waals surface area contributed by atoms with Crippen molar-refractivity contribution in [3.8, 4) is 0 Å². The van der Waals surface area contributed by atoms with E-state index in [9.17, 15) is 4.79 Å². The molecule has 0 aromatic carbocycles. The van der Waals surface area contributed by atoms with Crippen LogP contribution in [-0.4, -0.2) is 12.6 Å². The van der Waals surface area contributed by atoms with E-state index >= 15 is 0 Å². The molecule has 1 rings (SSSR count). The largest absolute Gasteiger partial charge is 0.461 e. The van der Waals surface area contributed by atoms with Gasteiger partial charge in [0.25, 0.3) is 0 Å². The number of carbonyl (C=O) groups is 1. The van der Waals surface area contributed by atoms with E-state index in [1.807, 2.05) is 6.92 Å². The van der Waals surface area contributed by atoms with Gasteiger partial charge in [0.1, 0.15) is 6.61 Å². The summed E-state index contributed by atoms with van der Waals surface area (Å²) in [7, 11) is 0. The molecule has 1 fully saturated rings. The topological polar surface area (TPSA) is 26.3 Å². The fraction of sp³-hybridized carbons (Fsp3) is 0.727. The van der Waals surface area contributed by atoms with Crippen molar-refractivity contribution >= 4 is 5.97 Å². The Kier molecular flexibility index (Phi) is 4.00. The number of hydrogen-bond acceptors (Lipinski definition) is 2. The van der Waals surface area contributed by atoms with Gasteiger partial charge in [-0.15, -0.1) is 0 Å². The molecule has 0 heterocycles. The van der Waals surface area contributed by atoms with Crippen molar-refractivity contribution in [1.82, 2.24) is 0 Å². The summed E-state index contributed by atoms with van der Waals surface area (Å²) >= 11 is 0. The third kappa shape index (κ3) is 3.62. The van der Waals surface area contributed by atoms with Crippen molar-refractivity contribution < 1.29 is 9.53 Å². The fourth-order valence-corrected chi connectivity index (χ4v) is 1.65. The molecule has 1 saturated carbocycles. The second kappa shape index (κ2) is 5.05. The Morgan fingerprint density at radius 1 is 1.38 bits per heavy atom. The van der Waals surface area contributed by atoms with Crippen LogP contribution in [0.3, 0.4) is 0 Å². The first-order valence-electron chi connectivity index (χ1n) is 5.01. The maximum absolute atomic E-state index is 11.4. The lowest BCUT2D eigenvalue weighted by Gasteiger charge is -2.19. The highest BCUT2D eigenvalue weighted by molar-refractivity contribution is 5.72. The number of esters is 1. The zero-order valence-electron chi connectivity index (χ0n) is 8.34. The van der Waals surface area contributed by atoms with Gasteiger partial charge in [-0.1, -0.05) is 25.8 Å². The van der Waals surface area contributed by atoms with E-state index in [0.29, 0.717) is 6.61 Å². The molecule has 0 N–H and O–H groups in total. The Labute approximate surface area is 80.0 Å². The molecule has 0 bridgehead atoms. The zero-order chi connectivity index (χ0) is 9.68. The maximum atomic E-state index is 11.4. The third-order valence-electron chi connectivity index (χ3n) is 2.40. The summed E-state index contributed by atoms with van der Waals surface area (Å²) in [5, 5.41) is 0. The van der Waals surface area contributed by atoms with Crippen LogP contribution >= 0.6 is 0 Å². The van der Waals surface area contributed by atoms with Crippen LogP contribution in [0.5, 0.6) is 0 Å². The van der Waals surface area contributed by atoms with E-state index in [2.05, 4.69) is 6.58 Å². The van der Waals surface area contributed by atoms with Gasteiger partial charge in [-0.2, -0.15) is 0 Å². The van der Waals surface area contributed by atoms with Gasteiger partial charge in [0.15, 0.2) is 0 Å². The molecular formula is C11H18O2. The molecule has 1 aliphatic carbocycles. The highest BCUT2D eigenvalue weighted by atomic mass is 16.5. The lowest BCUT2D eigenvalue weighted by Crippen LogP contribution is -2.20. The van der Waals surface area contributed by atoms with Crippen LogP contribution in [0.4, 0.5) is 0 Å². The number of carbonyl (C=O) groups excluding carboxylic acids is 1. The van der Waals surface area contributed by atoms with Crippen LogP contribution in [0.2, 0.25) is 0 Å². The van der Waals surface area contributed by atoms with Crippen LogP contribution < -0.4 is 0 Å². The second-order valence-corrected chi connectivity index (χ2v) is 3.90. The Morgan fingerprint density at radius 2 is 2.00 bits per heavy atom. The molecular weight excluding hydrogens is 164 g/mol. The highest BCUT2D eigenvalue weighted by Crippen LogP contribution is 2.24. The molecule has 1 aliphatic rings. The molecule has 0 atom stereocenters. The van der Waals surface area contributed by atoms with Crippen LogP contribution in [0, 0.1) is 5.92 Å². The molecule has 0 amide bonds. The van der Waals surface area contributed by atoms with Crippen molar-refractivity contribution in [2.45, 2.75) is 39.0 Å². The summed E-state index contributed by atoms with van der Waals surface area (Å²) in [5.74, 6) is 0.135. The summed E-state index contributed by atoms with van der Waals surface area (Å²) in [6.07, 6.45) is 5.63. The van der Waals surface area contributed by atoms with E-state index in [-0.39, 0.29) is 11.9 Å². The van der Waals surface area contributed by atoms with E-state index in [4.69, 9.17) is 4.74 Å². The number of rotatable bonds is 3. The summed E-state index contributed by atoms with van der Waals surface area (Å²) in [6, 6.07) is 0. The second-order valence-electron chi connectivity index (χ2n) is 3.90. The van der Waals surface area contributed by atoms with Gasteiger partial charge in [0.2, 0.25) is 0 Å². The van der Waals surface area contributed by atoms with Crippen molar-refractivity contribution in [3.63, 3.8) is 0 Å². The lowest BCUT2D eigenvalue weighted by atomic mass is 9.89. The van der Waals surface area contributed by atoms with Crippen LogP contribution in [0.1, 0.15) is 39.0 Å². The van der Waals surface area contributed by atoms with Gasteiger partial charge in [-0.3, -0.25) is 4.79 Å². The molecule has 0 spiro atoms. The molecule has 0 radical (unpaired) electrons. The molecule has 0 aromatic rings. The Bertz CT molecular complexity index is 190. The molecule has 0 unspecified atom stereocenters. The first kappa shape index (κ1) is 10.3. The average Bonchev–Trinajstić information content (AvgIpc) is 2.15. The van der Waals surface area contributed by atoms with Crippen molar-refractivity contribution in [3.05, 3.63) is 12.2 Å². The summed E-state index contributed by atoms with van der Waals surface area (Å²) in [6.45, 7) is 5.95. The van der Waals surface area contributed by atoms with Gasteiger partial charge < -0.3 is 4.74 Å². The Balaban J connectivity index is 2.25. The van der Waals surface area contributed by atoms with Crippen molar-refractivity contribution in [1.29, 1.82) is 0 Å². The van der Waals surface area contributed by atoms with E-state index in [1.54, 1.807) is 0 Å². The maximum Gasteiger partial charge on any atom is 0.309 e. The van der Waals surface area contributed by atoms with Gasteiger partial charge in [0.05, 0.1) is 5.92 Å². The van der Waals surface area contributed by atoms with Crippen LogP contribution in [0.25, 0.3) is 0 Å². The third-order valence-corrected chi connectivity index (χ3v) is 2.40. The Morgan fingerprint density at radius 3 is 2.54 bits per heavy atom. The van der Waals surface area contributed by atoms with Gasteiger partial charge in [-0.25, -0.2) is 0 Å². The van der Waals surface area contributed by atoms with Crippen LogP contribution in [-0.2, 0) is 9.53 Å². The molecule has 74 valence electrons.